The number of aromatic nitrogens is 4. The van der Waals surface area contributed by atoms with E-state index in [1.165, 1.54) is 5.69 Å². The number of hydrogen-bond donors (Lipinski definition) is 3. The van der Waals surface area contributed by atoms with Crippen molar-refractivity contribution in [3.8, 4) is 28.1 Å². The molecule has 33 heavy (non-hydrogen) atoms. The van der Waals surface area contributed by atoms with E-state index >= 15 is 0 Å². The first-order chi connectivity index (χ1) is 14.7. The molecule has 0 amide bonds. The molecule has 0 saturated carbocycles. The number of pyridine rings is 2. The normalized spacial score (nSPS) is 13.5. The third-order valence-electron chi connectivity index (χ3n) is 5.85. The second-order valence-corrected chi connectivity index (χ2v) is 7.66. The maximum atomic E-state index is 6.24. The van der Waals surface area contributed by atoms with Crippen LogP contribution in [0, 0.1) is 0 Å². The molecule has 0 spiro atoms. The van der Waals surface area contributed by atoms with Gasteiger partial charge in [-0.2, -0.15) is 5.10 Å². The summed E-state index contributed by atoms with van der Waals surface area (Å²) in [6.45, 7) is 2.06. The number of piperidine rings is 1. The molecule has 7 nitrogen and oxygen atoms in total. The van der Waals surface area contributed by atoms with Crippen LogP contribution in [0.4, 0.5) is 5.82 Å². The number of methoxy groups -OCH3 is 1. The van der Waals surface area contributed by atoms with Gasteiger partial charge >= 0.3 is 0 Å². The lowest BCUT2D eigenvalue weighted by molar-refractivity contribution is 0.415. The number of benzene rings is 1. The highest BCUT2D eigenvalue weighted by atomic mass is 35.5. The van der Waals surface area contributed by atoms with E-state index < -0.39 is 0 Å². The Kier molecular flexibility index (Phi) is 9.31. The molecule has 3 aromatic heterocycles. The van der Waals surface area contributed by atoms with E-state index in [-0.39, 0.29) is 37.2 Å². The summed E-state index contributed by atoms with van der Waals surface area (Å²) in [6.07, 6.45) is 7.74. The summed E-state index contributed by atoms with van der Waals surface area (Å²) in [5.74, 6) is 1.75. The van der Waals surface area contributed by atoms with Gasteiger partial charge in [0, 0.05) is 46.1 Å². The van der Waals surface area contributed by atoms with Crippen LogP contribution < -0.4 is 15.8 Å². The molecule has 0 bridgehead atoms. The number of halogens is 3. The molecule has 1 saturated heterocycles. The Morgan fingerprint density at radius 2 is 1.70 bits per heavy atom. The van der Waals surface area contributed by atoms with Gasteiger partial charge in [-0.3, -0.25) is 10.1 Å². The van der Waals surface area contributed by atoms with Crippen LogP contribution in [0.25, 0.3) is 33.2 Å². The first-order valence-corrected chi connectivity index (χ1v) is 10.2. The Morgan fingerprint density at radius 3 is 2.45 bits per heavy atom. The van der Waals surface area contributed by atoms with Crippen LogP contribution in [0.1, 0.15) is 24.5 Å². The minimum absolute atomic E-state index is 0. The van der Waals surface area contributed by atoms with Gasteiger partial charge in [0.15, 0.2) is 0 Å². The lowest BCUT2D eigenvalue weighted by Crippen LogP contribution is -2.27. The molecule has 1 aliphatic heterocycles. The van der Waals surface area contributed by atoms with Crippen molar-refractivity contribution in [2.75, 3.05) is 25.9 Å². The van der Waals surface area contributed by atoms with E-state index in [1.807, 2.05) is 42.9 Å². The molecule has 176 valence electrons. The van der Waals surface area contributed by atoms with Crippen molar-refractivity contribution in [1.82, 2.24) is 25.5 Å². The summed E-state index contributed by atoms with van der Waals surface area (Å²) in [4.78, 5) is 9.11. The van der Waals surface area contributed by atoms with Gasteiger partial charge in [0.2, 0.25) is 0 Å². The molecular formula is C23H27Cl3N6O. The molecule has 1 aliphatic rings. The Balaban J connectivity index is 0.00000128. The number of nitrogens with one attached hydrogen (secondary N) is 2. The van der Waals surface area contributed by atoms with Gasteiger partial charge in [-0.15, -0.1) is 37.2 Å². The number of hydrogen-bond acceptors (Lipinski definition) is 6. The predicted octanol–water partition coefficient (Wildman–Crippen LogP) is 5.01. The molecule has 1 fully saturated rings. The molecule has 0 atom stereocenters. The number of ether oxygens (including phenoxy) is 1. The fraction of sp³-hybridized carbons (Fsp3) is 0.261. The van der Waals surface area contributed by atoms with Crippen LogP contribution in [-0.2, 0) is 0 Å². The zero-order valence-electron chi connectivity index (χ0n) is 18.1. The zero-order valence-corrected chi connectivity index (χ0v) is 20.5. The van der Waals surface area contributed by atoms with Crippen molar-refractivity contribution in [1.29, 1.82) is 0 Å². The molecule has 4 aromatic rings. The van der Waals surface area contributed by atoms with Gasteiger partial charge in [0.05, 0.1) is 19.0 Å². The second kappa shape index (κ2) is 11.5. The second-order valence-electron chi connectivity index (χ2n) is 7.66. The number of nitrogens with zero attached hydrogens (tertiary/aromatic N) is 3. The number of H-pyrrole nitrogens is 1. The monoisotopic (exact) mass is 508 g/mol. The highest BCUT2D eigenvalue weighted by Gasteiger charge is 2.21. The topological polar surface area (TPSA) is 102 Å². The molecule has 5 rings (SSSR count). The summed E-state index contributed by atoms with van der Waals surface area (Å²) in [5.41, 5.74) is 11.1. The lowest BCUT2D eigenvalue weighted by atomic mass is 9.90. The molecule has 4 heterocycles. The first-order valence-electron chi connectivity index (χ1n) is 10.2. The number of anilines is 1. The van der Waals surface area contributed by atoms with Crippen molar-refractivity contribution in [2.24, 2.45) is 0 Å². The highest BCUT2D eigenvalue weighted by Crippen LogP contribution is 2.35. The van der Waals surface area contributed by atoms with Gasteiger partial charge in [0.1, 0.15) is 11.6 Å². The minimum Gasteiger partial charge on any atom is -0.497 e. The summed E-state index contributed by atoms with van der Waals surface area (Å²) >= 11 is 0. The van der Waals surface area contributed by atoms with Gasteiger partial charge in [-0.25, -0.2) is 4.98 Å². The zero-order chi connectivity index (χ0) is 20.5. The van der Waals surface area contributed by atoms with Crippen molar-refractivity contribution < 1.29 is 4.74 Å². The van der Waals surface area contributed by atoms with Gasteiger partial charge < -0.3 is 15.8 Å². The molecule has 4 N–H and O–H groups in total. The third-order valence-corrected chi connectivity index (χ3v) is 5.85. The van der Waals surface area contributed by atoms with Gasteiger partial charge in [-0.05, 0) is 55.6 Å². The molecule has 1 aromatic carbocycles. The van der Waals surface area contributed by atoms with Crippen LogP contribution in [0.15, 0.2) is 48.9 Å². The molecule has 0 aliphatic carbocycles. The number of nitrogen functional groups attached to an aromatic ring is 1. The van der Waals surface area contributed by atoms with Crippen LogP contribution in [0.3, 0.4) is 0 Å². The smallest absolute Gasteiger partial charge is 0.132 e. The van der Waals surface area contributed by atoms with Crippen LogP contribution >= 0.6 is 37.2 Å². The summed E-state index contributed by atoms with van der Waals surface area (Å²) in [5, 5.41) is 13.0. The Hall–Kier alpha value is -2.58. The Labute approximate surface area is 211 Å². The lowest BCUT2D eigenvalue weighted by Gasteiger charge is -2.22. The van der Waals surface area contributed by atoms with E-state index in [0.717, 1.165) is 64.8 Å². The fourth-order valence-electron chi connectivity index (χ4n) is 4.17. The van der Waals surface area contributed by atoms with E-state index in [4.69, 9.17) is 10.5 Å². The molecule has 0 unspecified atom stereocenters. The van der Waals surface area contributed by atoms with Crippen LogP contribution in [0.2, 0.25) is 0 Å². The number of fused-ring (bicyclic) bond motifs is 1. The van der Waals surface area contributed by atoms with Crippen molar-refractivity contribution in [3.05, 3.63) is 54.6 Å². The van der Waals surface area contributed by atoms with E-state index in [1.54, 1.807) is 7.11 Å². The SMILES string of the molecule is COc1ccc2cc(-c3cc(-c4cn[nH]c4C4CCNCC4)cnc3N)ncc2c1.Cl.Cl.Cl. The predicted molar refractivity (Wildman–Crippen MR) is 140 cm³/mol. The molecular weight excluding hydrogens is 483 g/mol. The minimum atomic E-state index is 0. The quantitative estimate of drug-likeness (QED) is 0.357. The summed E-state index contributed by atoms with van der Waals surface area (Å²) < 4.78 is 5.30. The highest BCUT2D eigenvalue weighted by molar-refractivity contribution is 5.88. The van der Waals surface area contributed by atoms with Crippen molar-refractivity contribution in [3.63, 3.8) is 0 Å². The van der Waals surface area contributed by atoms with Crippen LogP contribution in [0.5, 0.6) is 5.75 Å². The van der Waals surface area contributed by atoms with E-state index in [2.05, 4.69) is 31.5 Å². The maximum Gasteiger partial charge on any atom is 0.132 e. The van der Waals surface area contributed by atoms with Gasteiger partial charge in [0.25, 0.3) is 0 Å². The van der Waals surface area contributed by atoms with Crippen molar-refractivity contribution in [2.45, 2.75) is 18.8 Å². The maximum absolute atomic E-state index is 6.24. The molecule has 0 radical (unpaired) electrons. The summed E-state index contributed by atoms with van der Waals surface area (Å²) in [7, 11) is 1.66. The standard InChI is InChI=1S/C23H24N6O.3ClH/c1-30-18-3-2-15-10-21(26-11-16(15)8-18)19-9-17(12-27-23(19)24)20-13-28-29-22(20)14-4-6-25-7-5-14;;;/h2-3,8-14,25H,4-7H2,1H3,(H2,24,27)(H,28,29);3*1H. The largest absolute Gasteiger partial charge is 0.497 e. The summed E-state index contributed by atoms with van der Waals surface area (Å²) in [6, 6.07) is 10.0. The van der Waals surface area contributed by atoms with Gasteiger partial charge in [-0.1, -0.05) is 6.07 Å². The van der Waals surface area contributed by atoms with Crippen LogP contribution in [-0.4, -0.2) is 40.4 Å². The fourth-order valence-corrected chi connectivity index (χ4v) is 4.17. The number of nitrogens with two attached hydrogens (primary N) is 1. The molecule has 10 heteroatoms. The number of rotatable bonds is 4. The average molecular weight is 510 g/mol. The number of aromatic amines is 1. The van der Waals surface area contributed by atoms with E-state index in [9.17, 15) is 0 Å². The van der Waals surface area contributed by atoms with E-state index in [0.29, 0.717) is 11.7 Å². The Morgan fingerprint density at radius 1 is 0.909 bits per heavy atom. The first kappa shape index (κ1) is 26.7. The third kappa shape index (κ3) is 5.33. The average Bonchev–Trinajstić information content (AvgIpc) is 3.29. The Bertz CT molecular complexity index is 1210. The van der Waals surface area contributed by atoms with Crippen molar-refractivity contribution >= 4 is 53.8 Å².